The lowest BCUT2D eigenvalue weighted by molar-refractivity contribution is -0.119. The summed E-state index contributed by atoms with van der Waals surface area (Å²) in [4.78, 5) is 29.7. The zero-order valence-corrected chi connectivity index (χ0v) is 15.1. The number of rotatable bonds is 3. The number of carbonyl (C=O) groups is 2. The molecule has 0 unspecified atom stereocenters. The lowest BCUT2D eigenvalue weighted by Gasteiger charge is -2.40. The monoisotopic (exact) mass is 356 g/mol. The lowest BCUT2D eigenvalue weighted by Crippen LogP contribution is -2.54. The number of hydrogen-bond donors (Lipinski definition) is 0. The van der Waals surface area contributed by atoms with Crippen LogP contribution in [0.1, 0.15) is 22.8 Å². The topological polar surface area (TPSA) is 40.6 Å². The zero-order valence-electron chi connectivity index (χ0n) is 15.1. The average molecular weight is 356 g/mol. The molecule has 0 saturated carbocycles. The molecule has 1 aliphatic heterocycles. The summed E-state index contributed by atoms with van der Waals surface area (Å²) in [5.74, 6) is -0.245. The van der Waals surface area contributed by atoms with Gasteiger partial charge in [0.2, 0.25) is 5.91 Å². The fourth-order valence-electron chi connectivity index (χ4n) is 3.49. The largest absolute Gasteiger partial charge is 0.304 e. The summed E-state index contributed by atoms with van der Waals surface area (Å²) in [6, 6.07) is 26.0. The van der Waals surface area contributed by atoms with Crippen LogP contribution in [0.5, 0.6) is 0 Å². The highest BCUT2D eigenvalue weighted by molar-refractivity contribution is 6.17. The van der Waals surface area contributed by atoms with E-state index in [0.29, 0.717) is 12.1 Å². The molecule has 0 aromatic heterocycles. The van der Waals surface area contributed by atoms with Crippen LogP contribution in [0.3, 0.4) is 0 Å². The minimum absolute atomic E-state index is 0.0816. The Hall–Kier alpha value is -3.40. The first kappa shape index (κ1) is 17.0. The summed E-state index contributed by atoms with van der Waals surface area (Å²) in [6.45, 7) is 2.27. The predicted molar refractivity (Wildman–Crippen MR) is 107 cm³/mol. The van der Waals surface area contributed by atoms with Gasteiger partial charge in [-0.25, -0.2) is 0 Å². The molecular weight excluding hydrogens is 336 g/mol. The number of carbonyl (C=O) groups excluding carboxylic acids is 2. The molecule has 4 nitrogen and oxygen atoms in total. The maximum atomic E-state index is 13.2. The summed E-state index contributed by atoms with van der Waals surface area (Å²) >= 11 is 0. The Kier molecular flexibility index (Phi) is 4.47. The molecule has 1 heterocycles. The van der Waals surface area contributed by atoms with Crippen molar-refractivity contribution >= 4 is 23.2 Å². The normalized spacial score (nSPS) is 16.2. The summed E-state index contributed by atoms with van der Waals surface area (Å²) in [5.41, 5.74) is 3.14. The van der Waals surface area contributed by atoms with Crippen molar-refractivity contribution in [3.05, 3.63) is 96.1 Å². The van der Waals surface area contributed by atoms with Gasteiger partial charge >= 0.3 is 0 Å². The summed E-state index contributed by atoms with van der Waals surface area (Å²) in [7, 11) is 0. The standard InChI is InChI=1S/C23H20N2O2/c1-17-22(26)24(16-18-10-4-2-5-11-18)20-14-8-9-15-21(20)25(17)23(27)19-12-6-3-7-13-19/h2-15,17H,16H2,1H3/t17-/m1/s1. The van der Waals surface area contributed by atoms with Crippen molar-refractivity contribution < 1.29 is 9.59 Å². The first-order valence-corrected chi connectivity index (χ1v) is 9.00. The average Bonchev–Trinajstić information content (AvgIpc) is 2.73. The number of nitrogens with zero attached hydrogens (tertiary/aromatic N) is 2. The van der Waals surface area contributed by atoms with Crippen LogP contribution in [-0.4, -0.2) is 17.9 Å². The van der Waals surface area contributed by atoms with E-state index in [9.17, 15) is 9.59 Å². The molecule has 27 heavy (non-hydrogen) atoms. The Morgan fingerprint density at radius 2 is 1.37 bits per heavy atom. The fraction of sp³-hybridized carbons (Fsp3) is 0.130. The Morgan fingerprint density at radius 3 is 2.04 bits per heavy atom. The third-order valence-corrected chi connectivity index (χ3v) is 4.87. The summed E-state index contributed by atoms with van der Waals surface area (Å²) in [5, 5.41) is 0. The molecule has 134 valence electrons. The molecule has 1 aliphatic rings. The molecule has 3 aromatic rings. The van der Waals surface area contributed by atoms with Gasteiger partial charge in [0.05, 0.1) is 17.9 Å². The van der Waals surface area contributed by atoms with Crippen LogP contribution in [0.25, 0.3) is 0 Å². The van der Waals surface area contributed by atoms with Crippen LogP contribution < -0.4 is 9.80 Å². The van der Waals surface area contributed by atoms with E-state index in [1.807, 2.05) is 72.8 Å². The third kappa shape index (κ3) is 3.10. The highest BCUT2D eigenvalue weighted by Crippen LogP contribution is 2.37. The van der Waals surface area contributed by atoms with E-state index in [1.54, 1.807) is 28.9 Å². The van der Waals surface area contributed by atoms with Gasteiger partial charge in [-0.1, -0.05) is 60.7 Å². The molecular formula is C23H20N2O2. The van der Waals surface area contributed by atoms with E-state index < -0.39 is 6.04 Å². The molecule has 2 amide bonds. The number of amides is 2. The number of hydrogen-bond acceptors (Lipinski definition) is 2. The minimum atomic E-state index is -0.573. The van der Waals surface area contributed by atoms with Crippen molar-refractivity contribution in [1.82, 2.24) is 0 Å². The van der Waals surface area contributed by atoms with E-state index in [2.05, 4.69) is 0 Å². The molecule has 0 aliphatic carbocycles. The van der Waals surface area contributed by atoms with Crippen molar-refractivity contribution in [1.29, 1.82) is 0 Å². The van der Waals surface area contributed by atoms with Crippen LogP contribution in [0, 0.1) is 0 Å². The lowest BCUT2D eigenvalue weighted by atomic mass is 10.0. The van der Waals surface area contributed by atoms with Gasteiger partial charge in [-0.15, -0.1) is 0 Å². The van der Waals surface area contributed by atoms with Crippen LogP contribution in [0.4, 0.5) is 11.4 Å². The van der Waals surface area contributed by atoms with E-state index in [1.165, 1.54) is 0 Å². The van der Waals surface area contributed by atoms with E-state index in [4.69, 9.17) is 0 Å². The summed E-state index contributed by atoms with van der Waals surface area (Å²) in [6.07, 6.45) is 0. The second-order valence-electron chi connectivity index (χ2n) is 6.62. The SMILES string of the molecule is C[C@@H]1C(=O)N(Cc2ccccc2)c2ccccc2N1C(=O)c1ccccc1. The van der Waals surface area contributed by atoms with Gasteiger partial charge in [0.1, 0.15) is 6.04 Å². The first-order valence-electron chi connectivity index (χ1n) is 9.00. The molecule has 4 rings (SSSR count). The summed E-state index contributed by atoms with van der Waals surface area (Å²) < 4.78 is 0. The van der Waals surface area contributed by atoms with Crippen molar-refractivity contribution in [2.45, 2.75) is 19.5 Å². The predicted octanol–water partition coefficient (Wildman–Crippen LogP) is 4.27. The van der Waals surface area contributed by atoms with Crippen LogP contribution in [0.15, 0.2) is 84.9 Å². The third-order valence-electron chi connectivity index (χ3n) is 4.87. The molecule has 0 fully saturated rings. The molecule has 0 bridgehead atoms. The Morgan fingerprint density at radius 1 is 0.815 bits per heavy atom. The molecule has 3 aromatic carbocycles. The van der Waals surface area contributed by atoms with E-state index in [0.717, 1.165) is 16.9 Å². The van der Waals surface area contributed by atoms with Gasteiger partial charge in [-0.2, -0.15) is 0 Å². The van der Waals surface area contributed by atoms with Crippen LogP contribution >= 0.6 is 0 Å². The Bertz CT molecular complexity index is 970. The van der Waals surface area contributed by atoms with Gasteiger partial charge in [0.25, 0.3) is 5.91 Å². The Labute approximate surface area is 158 Å². The van der Waals surface area contributed by atoms with Crippen molar-refractivity contribution in [3.63, 3.8) is 0 Å². The van der Waals surface area contributed by atoms with E-state index >= 15 is 0 Å². The quantitative estimate of drug-likeness (QED) is 0.703. The fourth-order valence-corrected chi connectivity index (χ4v) is 3.49. The van der Waals surface area contributed by atoms with Crippen molar-refractivity contribution in [2.24, 2.45) is 0 Å². The number of benzene rings is 3. The Balaban J connectivity index is 1.76. The van der Waals surface area contributed by atoms with Gasteiger partial charge < -0.3 is 4.90 Å². The van der Waals surface area contributed by atoms with Gasteiger partial charge in [-0.3, -0.25) is 14.5 Å². The van der Waals surface area contributed by atoms with Crippen LogP contribution in [-0.2, 0) is 11.3 Å². The second kappa shape index (κ2) is 7.08. The maximum Gasteiger partial charge on any atom is 0.259 e. The molecule has 0 saturated heterocycles. The maximum absolute atomic E-state index is 13.2. The molecule has 0 N–H and O–H groups in total. The first-order chi connectivity index (χ1) is 13.2. The number of anilines is 2. The molecule has 0 spiro atoms. The smallest absolute Gasteiger partial charge is 0.259 e. The zero-order chi connectivity index (χ0) is 18.8. The van der Waals surface area contributed by atoms with Crippen molar-refractivity contribution in [2.75, 3.05) is 9.80 Å². The molecule has 0 radical (unpaired) electrons. The molecule has 4 heteroatoms. The second-order valence-corrected chi connectivity index (χ2v) is 6.62. The number of fused-ring (bicyclic) bond motifs is 1. The minimum Gasteiger partial charge on any atom is -0.304 e. The van der Waals surface area contributed by atoms with Crippen LogP contribution in [0.2, 0.25) is 0 Å². The highest BCUT2D eigenvalue weighted by atomic mass is 16.2. The van der Waals surface area contributed by atoms with Gasteiger partial charge in [-0.05, 0) is 36.8 Å². The highest BCUT2D eigenvalue weighted by Gasteiger charge is 2.38. The molecule has 1 atom stereocenters. The number of para-hydroxylation sites is 2. The van der Waals surface area contributed by atoms with Gasteiger partial charge in [0, 0.05) is 5.56 Å². The van der Waals surface area contributed by atoms with Crippen molar-refractivity contribution in [3.8, 4) is 0 Å². The van der Waals surface area contributed by atoms with Gasteiger partial charge in [0.15, 0.2) is 0 Å². The van der Waals surface area contributed by atoms with E-state index in [-0.39, 0.29) is 11.8 Å².